The molecule has 6 aromatic carbocycles. The maximum atomic E-state index is 10.6. The van der Waals surface area contributed by atoms with Crippen LogP contribution in [0.15, 0.2) is 103 Å². The summed E-state index contributed by atoms with van der Waals surface area (Å²) in [5, 5.41) is 27.9. The average Bonchev–Trinajstić information content (AvgIpc) is 3.33. The lowest BCUT2D eigenvalue weighted by Crippen LogP contribution is -2.55. The van der Waals surface area contributed by atoms with Crippen molar-refractivity contribution in [2.24, 2.45) is 23.7 Å². The van der Waals surface area contributed by atoms with Crippen molar-refractivity contribution in [1.82, 2.24) is 0 Å². The van der Waals surface area contributed by atoms with Gasteiger partial charge in [0.05, 0.1) is 0 Å². The molecule has 5 aliphatic carbocycles. The van der Waals surface area contributed by atoms with Crippen molar-refractivity contribution in [1.29, 1.82) is 0 Å². The smallest absolute Gasteiger partial charge is 0.423 e. The molecule has 6 aromatic rings. The van der Waals surface area contributed by atoms with Gasteiger partial charge in [0, 0.05) is 5.41 Å². The van der Waals surface area contributed by atoms with E-state index >= 15 is 0 Å². The van der Waals surface area contributed by atoms with Crippen molar-refractivity contribution in [2.45, 2.75) is 37.5 Å². The zero-order chi connectivity index (χ0) is 28.4. The second-order valence-corrected chi connectivity index (χ2v) is 13.9. The largest absolute Gasteiger partial charge is 0.489 e. The fraction of sp³-hybridized carbons (Fsp3) is 0.250. The molecule has 5 aliphatic rings. The van der Waals surface area contributed by atoms with E-state index in [2.05, 4.69) is 78.9 Å². The quantitative estimate of drug-likeness (QED) is 0.167. The van der Waals surface area contributed by atoms with Gasteiger partial charge in [-0.05, 0) is 127 Å². The number of hydrogen-bond acceptors (Lipinski definition) is 2. The van der Waals surface area contributed by atoms with Gasteiger partial charge >= 0.3 is 7.12 Å². The van der Waals surface area contributed by atoms with Gasteiger partial charge in [0.2, 0.25) is 0 Å². The van der Waals surface area contributed by atoms with Crippen molar-refractivity contribution in [3.05, 3.63) is 114 Å². The first-order chi connectivity index (χ1) is 21.1. The molecule has 0 saturated heterocycles. The highest BCUT2D eigenvalue weighted by molar-refractivity contribution is 6.66. The molecular formula is C40H33BO2. The lowest BCUT2D eigenvalue weighted by Gasteiger charge is -2.61. The minimum atomic E-state index is -1.55. The Kier molecular flexibility index (Phi) is 4.90. The summed E-state index contributed by atoms with van der Waals surface area (Å²) in [7, 11) is -1.55. The Bertz CT molecular complexity index is 2060. The van der Waals surface area contributed by atoms with Gasteiger partial charge in [0.25, 0.3) is 0 Å². The zero-order valence-electron chi connectivity index (χ0n) is 24.1. The summed E-state index contributed by atoms with van der Waals surface area (Å²) in [6.45, 7) is 0. The van der Waals surface area contributed by atoms with Crippen LogP contribution in [0.3, 0.4) is 0 Å². The normalized spacial score (nSPS) is 26.5. The molecule has 1 spiro atoms. The molecule has 4 saturated carbocycles. The van der Waals surface area contributed by atoms with Crippen LogP contribution < -0.4 is 5.46 Å². The van der Waals surface area contributed by atoms with Crippen molar-refractivity contribution >= 4 is 44.9 Å². The molecule has 43 heavy (non-hydrogen) atoms. The molecule has 4 fully saturated rings. The summed E-state index contributed by atoms with van der Waals surface area (Å²) in [5.74, 6) is 3.19. The lowest BCUT2D eigenvalue weighted by molar-refractivity contribution is -0.0399. The van der Waals surface area contributed by atoms with Crippen molar-refractivity contribution in [3.63, 3.8) is 0 Å². The maximum absolute atomic E-state index is 10.6. The first-order valence-electron chi connectivity index (χ1n) is 16.1. The van der Waals surface area contributed by atoms with Crippen LogP contribution in [0.25, 0.3) is 54.6 Å². The predicted octanol–water partition coefficient (Wildman–Crippen LogP) is 8.22. The van der Waals surface area contributed by atoms with Gasteiger partial charge in [-0.15, -0.1) is 0 Å². The van der Waals surface area contributed by atoms with Gasteiger partial charge in [0.15, 0.2) is 0 Å². The molecule has 2 N–H and O–H groups in total. The minimum Gasteiger partial charge on any atom is -0.423 e. The fourth-order valence-electron chi connectivity index (χ4n) is 10.9. The molecule has 208 valence electrons. The molecule has 0 radical (unpaired) electrons. The standard InChI is InChI=1S/C40H33BO2/c42-41(43)39-31-12-5-3-10-29(31)36(30-11-4-6-13-32(30)39)33-14-7-15-34-38(33)37-28-9-2-1-8-25(28)16-17-35(37)40(34)26-19-23-18-24(21-26)22-27(40)20-23/h1-17,23-24,26-27,42-43H,18-22H2. The zero-order valence-corrected chi connectivity index (χ0v) is 24.1. The van der Waals surface area contributed by atoms with Crippen LogP contribution in [0.5, 0.6) is 0 Å². The Hall–Kier alpha value is -3.92. The first kappa shape index (κ1) is 24.5. The highest BCUT2D eigenvalue weighted by Crippen LogP contribution is 2.70. The van der Waals surface area contributed by atoms with E-state index in [1.165, 1.54) is 65.1 Å². The summed E-state index contributed by atoms with van der Waals surface area (Å²) in [4.78, 5) is 0. The molecule has 0 heterocycles. The van der Waals surface area contributed by atoms with Crippen LogP contribution in [-0.4, -0.2) is 17.2 Å². The van der Waals surface area contributed by atoms with E-state index < -0.39 is 7.12 Å². The molecule has 3 heteroatoms. The van der Waals surface area contributed by atoms with Crippen molar-refractivity contribution in [2.75, 3.05) is 0 Å². The predicted molar refractivity (Wildman–Crippen MR) is 177 cm³/mol. The molecule has 0 amide bonds. The van der Waals surface area contributed by atoms with Crippen LogP contribution in [0.4, 0.5) is 0 Å². The fourth-order valence-corrected chi connectivity index (χ4v) is 10.9. The molecular weight excluding hydrogens is 523 g/mol. The molecule has 11 rings (SSSR count). The number of rotatable bonds is 2. The number of hydrogen-bond donors (Lipinski definition) is 2. The van der Waals surface area contributed by atoms with Crippen molar-refractivity contribution < 1.29 is 10.0 Å². The second kappa shape index (κ2) is 8.59. The number of fused-ring (bicyclic) bond motifs is 7. The van der Waals surface area contributed by atoms with Crippen LogP contribution in [-0.2, 0) is 5.41 Å². The molecule has 0 atom stereocenters. The average molecular weight is 557 g/mol. The van der Waals surface area contributed by atoms with E-state index in [1.807, 2.05) is 24.3 Å². The Morgan fingerprint density at radius 2 is 1.05 bits per heavy atom. The molecule has 0 aromatic heterocycles. The molecule has 4 bridgehead atoms. The Morgan fingerprint density at radius 1 is 0.488 bits per heavy atom. The van der Waals surface area contributed by atoms with E-state index in [0.717, 1.165) is 33.4 Å². The first-order valence-corrected chi connectivity index (χ1v) is 16.1. The van der Waals surface area contributed by atoms with E-state index in [0.29, 0.717) is 17.3 Å². The second-order valence-electron chi connectivity index (χ2n) is 13.9. The maximum Gasteiger partial charge on any atom is 0.489 e. The van der Waals surface area contributed by atoms with E-state index in [9.17, 15) is 10.0 Å². The third-order valence-electron chi connectivity index (χ3n) is 12.1. The summed E-state index contributed by atoms with van der Waals surface area (Å²) in [6, 6.07) is 37.6. The van der Waals surface area contributed by atoms with Crippen LogP contribution >= 0.6 is 0 Å². The third-order valence-corrected chi connectivity index (χ3v) is 12.1. The van der Waals surface area contributed by atoms with Crippen LogP contribution in [0.2, 0.25) is 0 Å². The van der Waals surface area contributed by atoms with E-state index in [1.54, 1.807) is 11.1 Å². The van der Waals surface area contributed by atoms with Gasteiger partial charge in [-0.25, -0.2) is 0 Å². The highest BCUT2D eigenvalue weighted by atomic mass is 16.4. The topological polar surface area (TPSA) is 40.5 Å². The van der Waals surface area contributed by atoms with Crippen molar-refractivity contribution in [3.8, 4) is 22.3 Å². The summed E-state index contributed by atoms with van der Waals surface area (Å²) in [5.41, 5.74) is 9.10. The summed E-state index contributed by atoms with van der Waals surface area (Å²) < 4.78 is 0. The van der Waals surface area contributed by atoms with Gasteiger partial charge in [-0.3, -0.25) is 0 Å². The summed E-state index contributed by atoms with van der Waals surface area (Å²) >= 11 is 0. The van der Waals surface area contributed by atoms with E-state index in [-0.39, 0.29) is 5.41 Å². The minimum absolute atomic E-state index is 0.0744. The molecule has 0 aliphatic heterocycles. The monoisotopic (exact) mass is 556 g/mol. The molecule has 2 nitrogen and oxygen atoms in total. The Morgan fingerprint density at radius 3 is 1.67 bits per heavy atom. The molecule has 0 unspecified atom stereocenters. The summed E-state index contributed by atoms with van der Waals surface area (Å²) in [6.07, 6.45) is 6.88. The SMILES string of the molecule is OB(O)c1c2ccccc2c(-c2cccc3c2-c2c(ccc4ccccc24)C32C3CC4CC(C3)CC2C4)c2ccccc12. The van der Waals surface area contributed by atoms with Gasteiger partial charge < -0.3 is 10.0 Å². The highest BCUT2D eigenvalue weighted by Gasteiger charge is 2.62. The van der Waals surface area contributed by atoms with Crippen LogP contribution in [0.1, 0.15) is 43.2 Å². The third kappa shape index (κ3) is 3.02. The Labute approximate surface area is 252 Å². The number of benzene rings is 6. The van der Waals surface area contributed by atoms with Gasteiger partial charge in [-0.2, -0.15) is 0 Å². The Balaban J connectivity index is 1.38. The van der Waals surface area contributed by atoms with Gasteiger partial charge in [0.1, 0.15) is 0 Å². The van der Waals surface area contributed by atoms with E-state index in [4.69, 9.17) is 0 Å². The van der Waals surface area contributed by atoms with Gasteiger partial charge in [-0.1, -0.05) is 103 Å². The lowest BCUT2D eigenvalue weighted by atomic mass is 9.43. The van der Waals surface area contributed by atoms with Crippen LogP contribution in [0, 0.1) is 23.7 Å².